The molecule has 0 bridgehead atoms. The number of benzene rings is 2. The molecule has 0 spiro atoms. The van der Waals surface area contributed by atoms with Crippen molar-refractivity contribution in [2.45, 2.75) is 20.3 Å². The van der Waals surface area contributed by atoms with Crippen LogP contribution in [-0.2, 0) is 14.3 Å². The van der Waals surface area contributed by atoms with Gasteiger partial charge in [-0.2, -0.15) is 0 Å². The third-order valence-corrected chi connectivity index (χ3v) is 4.52. The molecule has 1 amide bonds. The number of hydrogen-bond donors (Lipinski definition) is 1. The second-order valence-electron chi connectivity index (χ2n) is 6.53. The lowest BCUT2D eigenvalue weighted by molar-refractivity contribution is -0.145. The highest BCUT2D eigenvalue weighted by Gasteiger charge is 2.17. The summed E-state index contributed by atoms with van der Waals surface area (Å²) in [6.07, 6.45) is 0.366. The molecule has 5 nitrogen and oxygen atoms in total. The topological polar surface area (TPSA) is 58.6 Å². The van der Waals surface area contributed by atoms with Gasteiger partial charge in [-0.05, 0) is 18.2 Å². The molecule has 5 heteroatoms. The first-order valence-electron chi connectivity index (χ1n) is 9.29. The van der Waals surface area contributed by atoms with Gasteiger partial charge in [0.25, 0.3) is 0 Å². The van der Waals surface area contributed by atoms with Gasteiger partial charge in [-0.15, -0.1) is 0 Å². The summed E-state index contributed by atoms with van der Waals surface area (Å²) in [5.41, 5.74) is 2.87. The van der Waals surface area contributed by atoms with Gasteiger partial charge in [0.1, 0.15) is 0 Å². The van der Waals surface area contributed by atoms with E-state index in [1.807, 2.05) is 68.4 Å². The van der Waals surface area contributed by atoms with Crippen LogP contribution in [0.2, 0.25) is 0 Å². The van der Waals surface area contributed by atoms with Gasteiger partial charge >= 0.3 is 5.97 Å². The minimum absolute atomic E-state index is 0.0393. The number of carbonyl (C=O) groups is 2. The molecule has 0 aliphatic rings. The summed E-state index contributed by atoms with van der Waals surface area (Å²) in [4.78, 5) is 26.1. The standard InChI is InChI=1S/C22H28N2O3/c1-4-24(16-17(2)22(26)27-3)15-14-21(25)23-20-13-9-8-12-19(20)18-10-6-5-7-11-18/h5-13,17H,4,14-16H2,1-3H3,(H,23,25). The van der Waals surface area contributed by atoms with Gasteiger partial charge in [0.15, 0.2) is 0 Å². The Labute approximate surface area is 161 Å². The van der Waals surface area contributed by atoms with Crippen molar-refractivity contribution in [2.24, 2.45) is 5.92 Å². The van der Waals surface area contributed by atoms with E-state index in [1.54, 1.807) is 0 Å². The Kier molecular flexibility index (Phi) is 8.01. The lowest BCUT2D eigenvalue weighted by Gasteiger charge is -2.23. The monoisotopic (exact) mass is 368 g/mol. The van der Waals surface area contributed by atoms with Gasteiger partial charge in [0.2, 0.25) is 5.91 Å². The number of amides is 1. The van der Waals surface area contributed by atoms with E-state index in [1.165, 1.54) is 7.11 Å². The van der Waals surface area contributed by atoms with Crippen molar-refractivity contribution in [1.82, 2.24) is 4.90 Å². The zero-order valence-electron chi connectivity index (χ0n) is 16.3. The van der Waals surface area contributed by atoms with E-state index in [9.17, 15) is 9.59 Å². The summed E-state index contributed by atoms with van der Waals surface area (Å²) in [5.74, 6) is -0.478. The van der Waals surface area contributed by atoms with Crippen LogP contribution in [0.4, 0.5) is 5.69 Å². The number of para-hydroxylation sites is 1. The molecule has 0 aromatic heterocycles. The second-order valence-corrected chi connectivity index (χ2v) is 6.53. The molecule has 2 aromatic carbocycles. The van der Waals surface area contributed by atoms with E-state index >= 15 is 0 Å². The predicted octanol–water partition coefficient (Wildman–Crippen LogP) is 3.81. The molecule has 0 radical (unpaired) electrons. The van der Waals surface area contributed by atoms with Crippen LogP contribution < -0.4 is 5.32 Å². The fourth-order valence-corrected chi connectivity index (χ4v) is 2.98. The maximum atomic E-state index is 12.5. The number of anilines is 1. The van der Waals surface area contributed by atoms with Crippen molar-refractivity contribution in [2.75, 3.05) is 32.1 Å². The summed E-state index contributed by atoms with van der Waals surface area (Å²) in [6.45, 7) is 5.81. The van der Waals surface area contributed by atoms with Crippen molar-refractivity contribution in [3.63, 3.8) is 0 Å². The van der Waals surface area contributed by atoms with Gasteiger partial charge in [-0.25, -0.2) is 0 Å². The fourth-order valence-electron chi connectivity index (χ4n) is 2.98. The maximum absolute atomic E-state index is 12.5. The van der Waals surface area contributed by atoms with Crippen LogP contribution >= 0.6 is 0 Å². The summed E-state index contributed by atoms with van der Waals surface area (Å²) in [5, 5.41) is 3.02. The lowest BCUT2D eigenvalue weighted by atomic mass is 10.0. The number of ether oxygens (including phenoxy) is 1. The summed E-state index contributed by atoms with van der Waals surface area (Å²) in [6, 6.07) is 17.8. The van der Waals surface area contributed by atoms with Crippen molar-refractivity contribution < 1.29 is 14.3 Å². The van der Waals surface area contributed by atoms with Crippen LogP contribution in [0.1, 0.15) is 20.3 Å². The van der Waals surface area contributed by atoms with E-state index in [-0.39, 0.29) is 17.8 Å². The number of carbonyl (C=O) groups excluding carboxylic acids is 2. The quantitative estimate of drug-likeness (QED) is 0.684. The summed E-state index contributed by atoms with van der Waals surface area (Å²) < 4.78 is 4.77. The minimum Gasteiger partial charge on any atom is -0.469 e. The highest BCUT2D eigenvalue weighted by molar-refractivity contribution is 5.95. The van der Waals surface area contributed by atoms with E-state index in [0.717, 1.165) is 23.4 Å². The second kappa shape index (κ2) is 10.5. The first kappa shape index (κ1) is 20.6. The van der Waals surface area contributed by atoms with Crippen LogP contribution in [0.15, 0.2) is 54.6 Å². The van der Waals surface area contributed by atoms with Gasteiger partial charge in [-0.1, -0.05) is 62.4 Å². The van der Waals surface area contributed by atoms with Crippen LogP contribution in [-0.4, -0.2) is 43.5 Å². The zero-order valence-corrected chi connectivity index (χ0v) is 16.3. The average molecular weight is 368 g/mol. The molecule has 0 heterocycles. The number of esters is 1. The molecule has 0 saturated heterocycles. The zero-order chi connectivity index (χ0) is 19.6. The van der Waals surface area contributed by atoms with Crippen LogP contribution in [0.25, 0.3) is 11.1 Å². The molecule has 2 aromatic rings. The molecular weight excluding hydrogens is 340 g/mol. The highest BCUT2D eigenvalue weighted by Crippen LogP contribution is 2.27. The lowest BCUT2D eigenvalue weighted by Crippen LogP contribution is -2.34. The van der Waals surface area contributed by atoms with Crippen LogP contribution in [0.3, 0.4) is 0 Å². The number of nitrogens with one attached hydrogen (secondary N) is 1. The molecule has 0 fully saturated rings. The van der Waals surface area contributed by atoms with Crippen molar-refractivity contribution in [1.29, 1.82) is 0 Å². The first-order chi connectivity index (χ1) is 13.0. The number of rotatable bonds is 9. The Morgan fingerprint density at radius 1 is 1.07 bits per heavy atom. The molecule has 1 N–H and O–H groups in total. The number of hydrogen-bond acceptors (Lipinski definition) is 4. The first-order valence-corrected chi connectivity index (χ1v) is 9.29. The maximum Gasteiger partial charge on any atom is 0.309 e. The number of nitrogens with zero attached hydrogens (tertiary/aromatic N) is 1. The van der Waals surface area contributed by atoms with E-state index in [2.05, 4.69) is 10.2 Å². The largest absolute Gasteiger partial charge is 0.469 e. The fraction of sp³-hybridized carbons (Fsp3) is 0.364. The molecule has 0 aliphatic heterocycles. The SMILES string of the molecule is CCN(CCC(=O)Nc1ccccc1-c1ccccc1)CC(C)C(=O)OC. The van der Waals surface area contributed by atoms with E-state index in [0.29, 0.717) is 19.5 Å². The third kappa shape index (κ3) is 6.22. The van der Waals surface area contributed by atoms with Gasteiger partial charge in [0, 0.05) is 30.8 Å². The van der Waals surface area contributed by atoms with Crippen molar-refractivity contribution in [3.05, 3.63) is 54.6 Å². The molecule has 2 rings (SSSR count). The van der Waals surface area contributed by atoms with Crippen molar-refractivity contribution in [3.8, 4) is 11.1 Å². The summed E-state index contributed by atoms with van der Waals surface area (Å²) >= 11 is 0. The third-order valence-electron chi connectivity index (χ3n) is 4.52. The smallest absolute Gasteiger partial charge is 0.309 e. The predicted molar refractivity (Wildman–Crippen MR) is 108 cm³/mol. The van der Waals surface area contributed by atoms with E-state index in [4.69, 9.17) is 4.74 Å². The molecule has 0 saturated carbocycles. The highest BCUT2D eigenvalue weighted by atomic mass is 16.5. The van der Waals surface area contributed by atoms with Gasteiger partial charge < -0.3 is 15.0 Å². The Balaban J connectivity index is 1.95. The van der Waals surface area contributed by atoms with Crippen LogP contribution in [0.5, 0.6) is 0 Å². The Morgan fingerprint density at radius 3 is 2.41 bits per heavy atom. The summed E-state index contributed by atoms with van der Waals surface area (Å²) in [7, 11) is 1.40. The normalized spacial score (nSPS) is 11.9. The Morgan fingerprint density at radius 2 is 1.74 bits per heavy atom. The van der Waals surface area contributed by atoms with Gasteiger partial charge in [-0.3, -0.25) is 9.59 Å². The van der Waals surface area contributed by atoms with Crippen molar-refractivity contribution >= 4 is 17.6 Å². The molecule has 1 unspecified atom stereocenters. The van der Waals surface area contributed by atoms with Gasteiger partial charge in [0.05, 0.1) is 13.0 Å². The molecule has 0 aliphatic carbocycles. The molecule has 1 atom stereocenters. The molecular formula is C22H28N2O3. The Bertz CT molecular complexity index is 746. The molecule has 144 valence electrons. The average Bonchev–Trinajstić information content (AvgIpc) is 2.71. The molecule has 27 heavy (non-hydrogen) atoms. The Hall–Kier alpha value is -2.66. The van der Waals surface area contributed by atoms with Crippen LogP contribution in [0, 0.1) is 5.92 Å². The number of methoxy groups -OCH3 is 1. The van der Waals surface area contributed by atoms with E-state index < -0.39 is 0 Å². The minimum atomic E-state index is -0.227.